The van der Waals surface area contributed by atoms with Crippen molar-refractivity contribution in [3.8, 4) is 0 Å². The van der Waals surface area contributed by atoms with Gasteiger partial charge in [0.15, 0.2) is 5.82 Å². The molecule has 2 N–H and O–H groups in total. The highest BCUT2D eigenvalue weighted by atomic mass is 16.2. The molecular weight excluding hydrogens is 442 g/mol. The molecule has 0 bridgehead atoms. The van der Waals surface area contributed by atoms with Gasteiger partial charge < -0.3 is 20.4 Å². The van der Waals surface area contributed by atoms with E-state index < -0.39 is 0 Å². The second-order valence-corrected chi connectivity index (χ2v) is 9.09. The standard InChI is InChI=1S/C26H29N7O2/c1-17-14-18(25(35)29-19-6-5-12-27-15-19)9-10-21(17)30-26-28-16-22-24(31-26)33(20-7-3-4-8-20)13-11-23(34)32(22)2/h5-6,9-10,12,14-16,20H,3-4,7-8,11,13H2,1-2H3,(H,29,35)(H,28,30,31). The molecule has 9 nitrogen and oxygen atoms in total. The van der Waals surface area contributed by atoms with Crippen molar-refractivity contribution in [1.29, 1.82) is 0 Å². The summed E-state index contributed by atoms with van der Waals surface area (Å²) in [5.74, 6) is 1.14. The third kappa shape index (κ3) is 4.80. The molecule has 0 radical (unpaired) electrons. The number of amides is 2. The molecule has 1 aliphatic heterocycles. The number of rotatable bonds is 5. The Labute approximate surface area is 204 Å². The quantitative estimate of drug-likeness (QED) is 0.572. The lowest BCUT2D eigenvalue weighted by atomic mass is 10.1. The maximum absolute atomic E-state index is 12.6. The highest BCUT2D eigenvalue weighted by Crippen LogP contribution is 2.36. The van der Waals surface area contributed by atoms with Gasteiger partial charge in [-0.15, -0.1) is 0 Å². The molecule has 2 amide bonds. The minimum Gasteiger partial charge on any atom is -0.351 e. The van der Waals surface area contributed by atoms with Crippen LogP contribution in [0.3, 0.4) is 0 Å². The van der Waals surface area contributed by atoms with E-state index >= 15 is 0 Å². The van der Waals surface area contributed by atoms with Gasteiger partial charge in [-0.3, -0.25) is 14.6 Å². The number of hydrogen-bond donors (Lipinski definition) is 2. The van der Waals surface area contributed by atoms with Crippen molar-refractivity contribution in [1.82, 2.24) is 15.0 Å². The van der Waals surface area contributed by atoms with E-state index in [1.165, 1.54) is 12.8 Å². The van der Waals surface area contributed by atoms with Crippen molar-refractivity contribution in [3.63, 3.8) is 0 Å². The molecule has 2 aromatic heterocycles. The van der Waals surface area contributed by atoms with Crippen molar-refractivity contribution in [2.24, 2.45) is 0 Å². The number of hydrogen-bond acceptors (Lipinski definition) is 7. The van der Waals surface area contributed by atoms with Crippen LogP contribution in [-0.2, 0) is 4.79 Å². The van der Waals surface area contributed by atoms with Gasteiger partial charge >= 0.3 is 0 Å². The summed E-state index contributed by atoms with van der Waals surface area (Å²) in [7, 11) is 1.79. The predicted octanol–water partition coefficient (Wildman–Crippen LogP) is 4.29. The number of carbonyl (C=O) groups excluding carboxylic acids is 2. The monoisotopic (exact) mass is 471 g/mol. The fourth-order valence-electron chi connectivity index (χ4n) is 4.78. The average molecular weight is 472 g/mol. The van der Waals surface area contributed by atoms with Crippen LogP contribution in [0.5, 0.6) is 0 Å². The smallest absolute Gasteiger partial charge is 0.255 e. The number of benzene rings is 1. The van der Waals surface area contributed by atoms with Gasteiger partial charge in [0.25, 0.3) is 5.91 Å². The van der Waals surface area contributed by atoms with Gasteiger partial charge in [-0.1, -0.05) is 12.8 Å². The number of anilines is 5. The first-order valence-electron chi connectivity index (χ1n) is 12.0. The van der Waals surface area contributed by atoms with Crippen LogP contribution in [-0.4, -0.2) is 46.4 Å². The van der Waals surface area contributed by atoms with Crippen molar-refractivity contribution >= 4 is 40.6 Å². The van der Waals surface area contributed by atoms with Gasteiger partial charge in [0.2, 0.25) is 11.9 Å². The second-order valence-electron chi connectivity index (χ2n) is 9.09. The zero-order valence-electron chi connectivity index (χ0n) is 20.0. The Balaban J connectivity index is 1.38. The van der Waals surface area contributed by atoms with E-state index in [1.807, 2.05) is 19.1 Å². The third-order valence-electron chi connectivity index (χ3n) is 6.74. The molecule has 2 aliphatic rings. The topological polar surface area (TPSA) is 103 Å². The Hall–Kier alpha value is -4.01. The van der Waals surface area contributed by atoms with Crippen LogP contribution in [0.2, 0.25) is 0 Å². The molecule has 1 saturated carbocycles. The Kier molecular flexibility index (Phi) is 6.31. The van der Waals surface area contributed by atoms with Crippen LogP contribution in [0.25, 0.3) is 0 Å². The van der Waals surface area contributed by atoms with Gasteiger partial charge in [0.05, 0.1) is 18.1 Å². The first kappa shape index (κ1) is 22.8. The van der Waals surface area contributed by atoms with E-state index in [2.05, 4.69) is 25.5 Å². The summed E-state index contributed by atoms with van der Waals surface area (Å²) in [6.07, 6.45) is 10.1. The molecule has 3 heterocycles. The summed E-state index contributed by atoms with van der Waals surface area (Å²) in [4.78, 5) is 42.5. The maximum Gasteiger partial charge on any atom is 0.255 e. The largest absolute Gasteiger partial charge is 0.351 e. The number of pyridine rings is 1. The van der Waals surface area contributed by atoms with Crippen molar-refractivity contribution in [2.45, 2.75) is 45.1 Å². The van der Waals surface area contributed by atoms with Crippen molar-refractivity contribution in [3.05, 3.63) is 60.0 Å². The lowest BCUT2D eigenvalue weighted by molar-refractivity contribution is -0.118. The molecule has 3 aromatic rings. The minimum absolute atomic E-state index is 0.0760. The lowest BCUT2D eigenvalue weighted by Crippen LogP contribution is -2.34. The van der Waals surface area contributed by atoms with Crippen LogP contribution in [0.15, 0.2) is 48.9 Å². The summed E-state index contributed by atoms with van der Waals surface area (Å²) < 4.78 is 0. The van der Waals surface area contributed by atoms with Gasteiger partial charge in [-0.2, -0.15) is 4.98 Å². The fourth-order valence-corrected chi connectivity index (χ4v) is 4.78. The number of aromatic nitrogens is 3. The van der Waals surface area contributed by atoms with E-state index in [1.54, 1.807) is 48.7 Å². The number of nitrogens with zero attached hydrogens (tertiary/aromatic N) is 5. The molecule has 0 saturated heterocycles. The molecule has 180 valence electrons. The molecule has 0 spiro atoms. The normalized spacial score (nSPS) is 16.1. The second kappa shape index (κ2) is 9.69. The van der Waals surface area contributed by atoms with E-state index in [9.17, 15) is 9.59 Å². The highest BCUT2D eigenvalue weighted by molar-refractivity contribution is 6.04. The third-order valence-corrected chi connectivity index (χ3v) is 6.74. The Morgan fingerprint density at radius 2 is 1.97 bits per heavy atom. The molecule has 1 aliphatic carbocycles. The molecule has 1 aromatic carbocycles. The van der Waals surface area contributed by atoms with Crippen molar-refractivity contribution < 1.29 is 9.59 Å². The first-order valence-corrected chi connectivity index (χ1v) is 12.0. The number of carbonyl (C=O) groups is 2. The molecule has 1 fully saturated rings. The maximum atomic E-state index is 12.6. The van der Waals surface area contributed by atoms with E-state index in [-0.39, 0.29) is 11.8 Å². The number of fused-ring (bicyclic) bond motifs is 1. The van der Waals surface area contributed by atoms with Crippen LogP contribution in [0.4, 0.5) is 28.8 Å². The Morgan fingerprint density at radius 1 is 1.14 bits per heavy atom. The van der Waals surface area contributed by atoms with Gasteiger partial charge in [-0.05, 0) is 55.7 Å². The van der Waals surface area contributed by atoms with E-state index in [4.69, 9.17) is 4.98 Å². The summed E-state index contributed by atoms with van der Waals surface area (Å²) in [5, 5.41) is 6.15. The highest BCUT2D eigenvalue weighted by Gasteiger charge is 2.31. The van der Waals surface area contributed by atoms with Crippen LogP contribution in [0.1, 0.15) is 48.0 Å². The van der Waals surface area contributed by atoms with Gasteiger partial charge in [0.1, 0.15) is 5.69 Å². The summed E-state index contributed by atoms with van der Waals surface area (Å²) in [6, 6.07) is 9.41. The fraction of sp³-hybridized carbons (Fsp3) is 0.346. The average Bonchev–Trinajstić information content (AvgIpc) is 3.36. The number of aryl methyl sites for hydroxylation is 1. The van der Waals surface area contributed by atoms with Crippen LogP contribution in [0, 0.1) is 6.92 Å². The van der Waals surface area contributed by atoms with Gasteiger partial charge in [0, 0.05) is 43.5 Å². The zero-order valence-corrected chi connectivity index (χ0v) is 20.0. The van der Waals surface area contributed by atoms with E-state index in [0.717, 1.165) is 35.6 Å². The molecule has 0 atom stereocenters. The van der Waals surface area contributed by atoms with Crippen LogP contribution < -0.4 is 20.4 Å². The Bertz CT molecular complexity index is 1240. The summed E-state index contributed by atoms with van der Waals surface area (Å²) >= 11 is 0. The summed E-state index contributed by atoms with van der Waals surface area (Å²) in [5.41, 5.74) is 3.64. The zero-order chi connectivity index (χ0) is 24.4. The molecule has 35 heavy (non-hydrogen) atoms. The molecule has 9 heteroatoms. The molecule has 5 rings (SSSR count). The SMILES string of the molecule is Cc1cc(C(=O)Nc2cccnc2)ccc1Nc1ncc2c(n1)N(C1CCCC1)CCC(=O)N2C. The lowest BCUT2D eigenvalue weighted by Gasteiger charge is -2.30. The first-order chi connectivity index (χ1) is 17.0. The van der Waals surface area contributed by atoms with Crippen molar-refractivity contribution in [2.75, 3.05) is 34.0 Å². The van der Waals surface area contributed by atoms with Gasteiger partial charge in [-0.25, -0.2) is 4.98 Å². The minimum atomic E-state index is -0.200. The molecular formula is C26H29N7O2. The Morgan fingerprint density at radius 3 is 2.71 bits per heavy atom. The van der Waals surface area contributed by atoms with Crippen LogP contribution >= 0.6 is 0 Å². The predicted molar refractivity (Wildman–Crippen MR) is 136 cm³/mol. The molecule has 0 unspecified atom stereocenters. The summed E-state index contributed by atoms with van der Waals surface area (Å²) in [6.45, 7) is 2.60. The number of nitrogens with one attached hydrogen (secondary N) is 2. The van der Waals surface area contributed by atoms with E-state index in [0.29, 0.717) is 36.2 Å².